The Bertz CT molecular complexity index is 1500. The first-order valence-electron chi connectivity index (χ1n) is 11.4. The van der Waals surface area contributed by atoms with Crippen LogP contribution in [0.25, 0.3) is 22.3 Å². The summed E-state index contributed by atoms with van der Waals surface area (Å²) >= 11 is 0. The van der Waals surface area contributed by atoms with Gasteiger partial charge in [0.2, 0.25) is 5.95 Å². The highest BCUT2D eigenvalue weighted by Gasteiger charge is 2.15. The highest BCUT2D eigenvalue weighted by atomic mass is 32.2. The first kappa shape index (κ1) is 23.6. The molecular formula is C25H26N8O2S. The third-order valence-electron chi connectivity index (χ3n) is 5.97. The Morgan fingerprint density at radius 1 is 0.944 bits per heavy atom. The maximum Gasteiger partial charge on any atom is 0.254 e. The summed E-state index contributed by atoms with van der Waals surface area (Å²) in [5, 5.41) is 4.90. The van der Waals surface area contributed by atoms with Gasteiger partial charge in [-0.15, -0.1) is 0 Å². The number of benzene rings is 1. The largest absolute Gasteiger partial charge is 0.369 e. The summed E-state index contributed by atoms with van der Waals surface area (Å²) in [7, 11) is -1.50. The van der Waals surface area contributed by atoms with Gasteiger partial charge in [0.25, 0.3) is 10.0 Å². The van der Waals surface area contributed by atoms with E-state index in [0.29, 0.717) is 28.5 Å². The molecule has 2 N–H and O–H groups in total. The first-order chi connectivity index (χ1) is 17.4. The zero-order valence-corrected chi connectivity index (χ0v) is 20.6. The quantitative estimate of drug-likeness (QED) is 0.392. The van der Waals surface area contributed by atoms with Crippen LogP contribution in [-0.4, -0.2) is 66.5 Å². The molecule has 0 radical (unpaired) electrons. The monoisotopic (exact) mass is 502 g/mol. The molecule has 0 aliphatic carbocycles. The van der Waals surface area contributed by atoms with Crippen molar-refractivity contribution in [2.75, 3.05) is 48.2 Å². The van der Waals surface area contributed by atoms with Crippen molar-refractivity contribution in [2.45, 2.75) is 0 Å². The molecule has 5 rings (SSSR count). The molecule has 0 spiro atoms. The highest BCUT2D eigenvalue weighted by Crippen LogP contribution is 2.27. The Morgan fingerprint density at radius 2 is 1.69 bits per heavy atom. The van der Waals surface area contributed by atoms with Crippen molar-refractivity contribution >= 4 is 43.9 Å². The van der Waals surface area contributed by atoms with Crippen molar-refractivity contribution in [1.82, 2.24) is 24.8 Å². The van der Waals surface area contributed by atoms with Crippen LogP contribution in [0.5, 0.6) is 0 Å². The van der Waals surface area contributed by atoms with E-state index in [4.69, 9.17) is 4.98 Å². The molecule has 11 heteroatoms. The minimum atomic E-state index is -3.64. The second kappa shape index (κ2) is 9.88. The molecule has 10 nitrogen and oxygen atoms in total. The van der Waals surface area contributed by atoms with Crippen LogP contribution in [0, 0.1) is 0 Å². The van der Waals surface area contributed by atoms with E-state index in [9.17, 15) is 8.42 Å². The normalized spacial score (nSPS) is 14.5. The molecule has 1 aliphatic heterocycles. The summed E-state index contributed by atoms with van der Waals surface area (Å²) in [4.78, 5) is 22.7. The van der Waals surface area contributed by atoms with Gasteiger partial charge in [-0.3, -0.25) is 14.7 Å². The van der Waals surface area contributed by atoms with E-state index in [1.54, 1.807) is 24.5 Å². The first-order valence-corrected chi connectivity index (χ1v) is 13.0. The number of hydrogen-bond acceptors (Lipinski definition) is 9. The van der Waals surface area contributed by atoms with Crippen molar-refractivity contribution in [3.8, 4) is 11.4 Å². The van der Waals surface area contributed by atoms with Gasteiger partial charge in [0.15, 0.2) is 0 Å². The molecule has 0 amide bonds. The molecule has 0 bridgehead atoms. The second-order valence-electron chi connectivity index (χ2n) is 8.50. The van der Waals surface area contributed by atoms with Crippen LogP contribution in [0.15, 0.2) is 73.0 Å². The summed E-state index contributed by atoms with van der Waals surface area (Å²) in [6.45, 7) is 7.45. The molecule has 3 aromatic heterocycles. The van der Waals surface area contributed by atoms with Gasteiger partial charge in [0, 0.05) is 66.9 Å². The maximum atomic E-state index is 11.9. The number of fused-ring (bicyclic) bond motifs is 1. The fraction of sp³-hybridized carbons (Fsp3) is 0.200. The molecule has 0 saturated carbocycles. The topological polar surface area (TPSA) is 116 Å². The van der Waals surface area contributed by atoms with E-state index >= 15 is 0 Å². The number of hydrogen-bond donors (Lipinski definition) is 2. The smallest absolute Gasteiger partial charge is 0.254 e. The molecule has 1 aromatic carbocycles. The van der Waals surface area contributed by atoms with E-state index in [1.807, 2.05) is 18.2 Å². The number of nitrogens with one attached hydrogen (secondary N) is 2. The van der Waals surface area contributed by atoms with Crippen molar-refractivity contribution in [3.05, 3.63) is 73.0 Å². The van der Waals surface area contributed by atoms with Crippen LogP contribution in [0.4, 0.5) is 23.0 Å². The number of aromatic nitrogens is 4. The number of nitrogens with zero attached hydrogens (tertiary/aromatic N) is 6. The standard InChI is InChI=1S/C25H26N8O2S/c1-3-36(34,35)31-20-9-11-26-22(16-20)24-23-18(8-10-27-24)17-28-25(30-23)29-19-4-6-21(7-5-19)33-14-12-32(2)13-15-33/h3-11,16-17H,1,12-15H2,2H3,(H,26,31)(H,28,29,30). The SMILES string of the molecule is C=CS(=O)(=O)Nc1ccnc(-c2nccc3cnc(Nc4ccc(N5CCN(C)CC5)cc4)nc23)c1. The van der Waals surface area contributed by atoms with Crippen molar-refractivity contribution in [2.24, 2.45) is 0 Å². The van der Waals surface area contributed by atoms with Gasteiger partial charge in [-0.25, -0.2) is 18.4 Å². The molecule has 4 aromatic rings. The number of rotatable bonds is 7. The van der Waals surface area contributed by atoms with Gasteiger partial charge in [-0.05, 0) is 49.5 Å². The van der Waals surface area contributed by atoms with E-state index in [-0.39, 0.29) is 0 Å². The molecule has 1 aliphatic rings. The minimum Gasteiger partial charge on any atom is -0.369 e. The lowest BCUT2D eigenvalue weighted by Crippen LogP contribution is -2.44. The molecule has 184 valence electrons. The van der Waals surface area contributed by atoms with Crippen LogP contribution in [0.3, 0.4) is 0 Å². The fourth-order valence-electron chi connectivity index (χ4n) is 3.98. The Morgan fingerprint density at radius 3 is 2.44 bits per heavy atom. The lowest BCUT2D eigenvalue weighted by atomic mass is 10.2. The van der Waals surface area contributed by atoms with Gasteiger partial charge >= 0.3 is 0 Å². The van der Waals surface area contributed by atoms with Crippen LogP contribution >= 0.6 is 0 Å². The van der Waals surface area contributed by atoms with E-state index in [1.165, 1.54) is 11.9 Å². The van der Waals surface area contributed by atoms with Gasteiger partial charge in [0.1, 0.15) is 11.2 Å². The summed E-state index contributed by atoms with van der Waals surface area (Å²) in [5.41, 5.74) is 4.01. The van der Waals surface area contributed by atoms with Gasteiger partial charge < -0.3 is 15.1 Å². The van der Waals surface area contributed by atoms with Crippen LogP contribution in [-0.2, 0) is 10.0 Å². The lowest BCUT2D eigenvalue weighted by Gasteiger charge is -2.34. The number of sulfonamides is 1. The van der Waals surface area contributed by atoms with E-state index in [2.05, 4.69) is 60.5 Å². The summed E-state index contributed by atoms with van der Waals surface area (Å²) in [5.74, 6) is 0.424. The third kappa shape index (κ3) is 5.26. The fourth-order valence-corrected chi connectivity index (χ4v) is 4.52. The lowest BCUT2D eigenvalue weighted by molar-refractivity contribution is 0.313. The van der Waals surface area contributed by atoms with Gasteiger partial charge in [0.05, 0.1) is 11.4 Å². The zero-order chi connectivity index (χ0) is 25.1. The Kier molecular flexibility index (Phi) is 6.49. The molecular weight excluding hydrogens is 476 g/mol. The number of anilines is 4. The predicted molar refractivity (Wildman–Crippen MR) is 143 cm³/mol. The van der Waals surface area contributed by atoms with Crippen molar-refractivity contribution < 1.29 is 8.42 Å². The summed E-state index contributed by atoms with van der Waals surface area (Å²) in [6.07, 6.45) is 4.88. The molecule has 0 atom stereocenters. The highest BCUT2D eigenvalue weighted by molar-refractivity contribution is 7.95. The number of piperazine rings is 1. The van der Waals surface area contributed by atoms with E-state index in [0.717, 1.165) is 42.7 Å². The van der Waals surface area contributed by atoms with Crippen LogP contribution in [0.2, 0.25) is 0 Å². The average Bonchev–Trinajstić information content (AvgIpc) is 2.89. The summed E-state index contributed by atoms with van der Waals surface area (Å²) in [6, 6.07) is 13.2. The molecule has 0 unspecified atom stereocenters. The summed E-state index contributed by atoms with van der Waals surface area (Å²) < 4.78 is 26.2. The average molecular weight is 503 g/mol. The Hall–Kier alpha value is -4.09. The third-order valence-corrected chi connectivity index (χ3v) is 6.93. The molecule has 4 heterocycles. The molecule has 1 saturated heterocycles. The maximum absolute atomic E-state index is 11.9. The van der Waals surface area contributed by atoms with Crippen molar-refractivity contribution in [1.29, 1.82) is 0 Å². The number of likely N-dealkylation sites (N-methyl/N-ethyl adjacent to an activating group) is 1. The van der Waals surface area contributed by atoms with Crippen LogP contribution in [0.1, 0.15) is 0 Å². The Balaban J connectivity index is 1.40. The van der Waals surface area contributed by atoms with Gasteiger partial charge in [-0.2, -0.15) is 0 Å². The van der Waals surface area contributed by atoms with Crippen LogP contribution < -0.4 is 14.9 Å². The second-order valence-corrected chi connectivity index (χ2v) is 10.1. The van der Waals surface area contributed by atoms with Gasteiger partial charge in [-0.1, -0.05) is 6.58 Å². The Labute approximate surface area is 209 Å². The van der Waals surface area contributed by atoms with Crippen molar-refractivity contribution in [3.63, 3.8) is 0 Å². The molecule has 36 heavy (non-hydrogen) atoms. The van der Waals surface area contributed by atoms with E-state index < -0.39 is 10.0 Å². The number of pyridine rings is 2. The zero-order valence-electron chi connectivity index (χ0n) is 19.8. The minimum absolute atomic E-state index is 0.353. The predicted octanol–water partition coefficient (Wildman–Crippen LogP) is 3.47. The molecule has 1 fully saturated rings.